The van der Waals surface area contributed by atoms with Gasteiger partial charge in [-0.3, -0.25) is 9.88 Å². The Morgan fingerprint density at radius 3 is 3.04 bits per heavy atom. The lowest BCUT2D eigenvalue weighted by Crippen LogP contribution is -2.41. The summed E-state index contributed by atoms with van der Waals surface area (Å²) in [4.78, 5) is 11.2. The number of aryl methyl sites for hydroxylation is 1. The van der Waals surface area contributed by atoms with E-state index >= 15 is 0 Å². The Morgan fingerprint density at radius 2 is 2.25 bits per heavy atom. The lowest BCUT2D eigenvalue weighted by Gasteiger charge is -2.32. The van der Waals surface area contributed by atoms with Crippen molar-refractivity contribution in [3.05, 3.63) is 46.2 Å². The number of aromatic nitrogens is 2. The molecule has 0 spiro atoms. The quantitative estimate of drug-likeness (QED) is 0.834. The van der Waals surface area contributed by atoms with Gasteiger partial charge in [-0.1, -0.05) is 0 Å². The van der Waals surface area contributed by atoms with Crippen molar-refractivity contribution in [2.45, 2.75) is 51.2 Å². The van der Waals surface area contributed by atoms with E-state index in [2.05, 4.69) is 27.2 Å². The number of nitrogens with zero attached hydrogens (tertiary/aromatic N) is 3. The van der Waals surface area contributed by atoms with Crippen LogP contribution < -0.4 is 0 Å². The summed E-state index contributed by atoms with van der Waals surface area (Å²) in [6.07, 6.45) is 6.25. The van der Waals surface area contributed by atoms with Crippen LogP contribution in [0.1, 0.15) is 29.1 Å². The van der Waals surface area contributed by atoms with Crippen LogP contribution in [0.2, 0.25) is 0 Å². The molecule has 2 fully saturated rings. The van der Waals surface area contributed by atoms with Crippen LogP contribution in [0.15, 0.2) is 29.9 Å². The average molecular weight is 345 g/mol. The van der Waals surface area contributed by atoms with Crippen LogP contribution in [0.5, 0.6) is 0 Å². The van der Waals surface area contributed by atoms with Crippen molar-refractivity contribution in [2.75, 3.05) is 13.2 Å². The summed E-state index contributed by atoms with van der Waals surface area (Å²) in [6, 6.07) is 4.46. The van der Waals surface area contributed by atoms with Crippen LogP contribution in [0.25, 0.3) is 0 Å². The molecule has 2 aromatic heterocycles. The van der Waals surface area contributed by atoms with E-state index in [0.29, 0.717) is 12.6 Å². The molecule has 4 heterocycles. The number of likely N-dealkylation sites (tertiary alicyclic amines) is 1. The van der Waals surface area contributed by atoms with Gasteiger partial charge in [0.1, 0.15) is 11.1 Å². The van der Waals surface area contributed by atoms with Crippen LogP contribution in [-0.2, 0) is 22.6 Å². The predicted molar refractivity (Wildman–Crippen MR) is 92.8 cm³/mol. The molecule has 2 saturated heterocycles. The van der Waals surface area contributed by atoms with Crippen molar-refractivity contribution < 1.29 is 9.47 Å². The third kappa shape index (κ3) is 3.52. The number of rotatable bonds is 5. The topological polar surface area (TPSA) is 47.5 Å². The molecule has 2 aliphatic rings. The van der Waals surface area contributed by atoms with Gasteiger partial charge in [-0.05, 0) is 37.5 Å². The molecule has 0 aliphatic carbocycles. The molecule has 4 rings (SSSR count). The van der Waals surface area contributed by atoms with E-state index in [1.54, 1.807) is 11.3 Å². The Morgan fingerprint density at radius 1 is 1.38 bits per heavy atom. The largest absolute Gasteiger partial charge is 0.374 e. The zero-order valence-electron chi connectivity index (χ0n) is 13.9. The van der Waals surface area contributed by atoms with Gasteiger partial charge >= 0.3 is 0 Å². The normalized spacial score (nSPS) is 27.3. The third-order valence-electron chi connectivity index (χ3n) is 4.80. The highest BCUT2D eigenvalue weighted by Gasteiger charge is 2.44. The van der Waals surface area contributed by atoms with E-state index in [0.717, 1.165) is 37.4 Å². The van der Waals surface area contributed by atoms with E-state index in [4.69, 9.17) is 9.47 Å². The van der Waals surface area contributed by atoms with E-state index in [1.165, 1.54) is 11.4 Å². The van der Waals surface area contributed by atoms with E-state index < -0.39 is 0 Å². The molecule has 0 unspecified atom stereocenters. The van der Waals surface area contributed by atoms with Gasteiger partial charge in [0.15, 0.2) is 0 Å². The minimum absolute atomic E-state index is 0.129. The first-order valence-electron chi connectivity index (χ1n) is 8.57. The highest BCUT2D eigenvalue weighted by molar-refractivity contribution is 7.09. The number of hydrogen-bond donors (Lipinski definition) is 0. The van der Waals surface area contributed by atoms with Crippen molar-refractivity contribution in [2.24, 2.45) is 0 Å². The maximum atomic E-state index is 6.22. The Balaban J connectivity index is 1.42. The van der Waals surface area contributed by atoms with Crippen LogP contribution in [0, 0.1) is 6.92 Å². The second kappa shape index (κ2) is 7.27. The Labute approximate surface area is 146 Å². The van der Waals surface area contributed by atoms with Gasteiger partial charge in [0.05, 0.1) is 19.3 Å². The number of hydrogen-bond acceptors (Lipinski definition) is 6. The van der Waals surface area contributed by atoms with Crippen molar-refractivity contribution >= 4 is 11.3 Å². The summed E-state index contributed by atoms with van der Waals surface area (Å²) in [6.45, 7) is 5.33. The first kappa shape index (κ1) is 16.1. The molecular weight excluding hydrogens is 322 g/mol. The smallest absolute Gasteiger partial charge is 0.107 e. The molecule has 2 aliphatic heterocycles. The predicted octanol–water partition coefficient (Wildman–Crippen LogP) is 2.80. The maximum absolute atomic E-state index is 6.22. The molecule has 5 nitrogen and oxygen atoms in total. The summed E-state index contributed by atoms with van der Waals surface area (Å²) in [5.74, 6) is 0. The standard InChI is InChI=1S/C18H23N3O2S/c1-13-12-24-17(20-13)10-21-9-16(18-15(21)3-2-8-22-18)23-11-14-4-6-19-7-5-14/h4-7,12,15-16,18H,2-3,8-11H2,1H3/t15-,16-,18+/m1/s1. The molecule has 0 bridgehead atoms. The van der Waals surface area contributed by atoms with E-state index in [-0.39, 0.29) is 12.2 Å². The molecule has 2 aromatic rings. The fourth-order valence-electron chi connectivity index (χ4n) is 3.66. The second-order valence-electron chi connectivity index (χ2n) is 6.56. The zero-order chi connectivity index (χ0) is 16.4. The molecule has 128 valence electrons. The summed E-state index contributed by atoms with van der Waals surface area (Å²) in [5, 5.41) is 3.31. The Kier molecular flexibility index (Phi) is 4.89. The first-order valence-corrected chi connectivity index (χ1v) is 9.45. The average Bonchev–Trinajstić information content (AvgIpc) is 3.18. The summed E-state index contributed by atoms with van der Waals surface area (Å²) in [7, 11) is 0. The lowest BCUT2D eigenvalue weighted by molar-refractivity contribution is -0.0819. The molecular formula is C18H23N3O2S. The van der Waals surface area contributed by atoms with Gasteiger partial charge in [0.25, 0.3) is 0 Å². The number of thiazole rings is 1. The minimum atomic E-state index is 0.129. The maximum Gasteiger partial charge on any atom is 0.107 e. The zero-order valence-corrected chi connectivity index (χ0v) is 14.7. The van der Waals surface area contributed by atoms with Gasteiger partial charge in [0.2, 0.25) is 0 Å². The van der Waals surface area contributed by atoms with E-state index in [1.807, 2.05) is 24.5 Å². The molecule has 0 aromatic carbocycles. The van der Waals surface area contributed by atoms with Crippen molar-refractivity contribution in [3.8, 4) is 0 Å². The molecule has 0 amide bonds. The number of ether oxygens (including phenoxy) is 2. The van der Waals surface area contributed by atoms with Crippen LogP contribution in [0.3, 0.4) is 0 Å². The first-order chi connectivity index (χ1) is 11.8. The van der Waals surface area contributed by atoms with Gasteiger partial charge in [-0.2, -0.15) is 0 Å². The monoisotopic (exact) mass is 345 g/mol. The lowest BCUT2D eigenvalue weighted by atomic mass is 10.0. The Bertz CT molecular complexity index is 663. The van der Waals surface area contributed by atoms with Gasteiger partial charge < -0.3 is 9.47 Å². The summed E-state index contributed by atoms with van der Waals surface area (Å²) < 4.78 is 12.3. The summed E-state index contributed by atoms with van der Waals surface area (Å²) >= 11 is 1.75. The SMILES string of the molecule is Cc1csc(CN2C[C@@H](OCc3ccncc3)[C@H]3OCCC[C@H]32)n1. The third-order valence-corrected chi connectivity index (χ3v) is 5.75. The van der Waals surface area contributed by atoms with Crippen LogP contribution in [-0.4, -0.2) is 46.3 Å². The molecule has 0 N–H and O–H groups in total. The highest BCUT2D eigenvalue weighted by Crippen LogP contribution is 2.32. The Hall–Kier alpha value is -1.34. The van der Waals surface area contributed by atoms with Crippen molar-refractivity contribution in [3.63, 3.8) is 0 Å². The van der Waals surface area contributed by atoms with Gasteiger partial charge in [-0.25, -0.2) is 4.98 Å². The molecule has 0 radical (unpaired) electrons. The fourth-order valence-corrected chi connectivity index (χ4v) is 4.46. The van der Waals surface area contributed by atoms with E-state index in [9.17, 15) is 0 Å². The molecule has 0 saturated carbocycles. The number of fused-ring (bicyclic) bond motifs is 1. The molecule has 24 heavy (non-hydrogen) atoms. The van der Waals surface area contributed by atoms with Crippen molar-refractivity contribution in [1.82, 2.24) is 14.9 Å². The number of pyridine rings is 1. The van der Waals surface area contributed by atoms with Crippen molar-refractivity contribution in [1.29, 1.82) is 0 Å². The van der Waals surface area contributed by atoms with Crippen LogP contribution >= 0.6 is 11.3 Å². The second-order valence-corrected chi connectivity index (χ2v) is 7.50. The van der Waals surface area contributed by atoms with Gasteiger partial charge in [0, 0.05) is 42.7 Å². The fraction of sp³-hybridized carbons (Fsp3) is 0.556. The van der Waals surface area contributed by atoms with Gasteiger partial charge in [-0.15, -0.1) is 11.3 Å². The molecule has 6 heteroatoms. The minimum Gasteiger partial charge on any atom is -0.374 e. The highest BCUT2D eigenvalue weighted by atomic mass is 32.1. The summed E-state index contributed by atoms with van der Waals surface area (Å²) in [5.41, 5.74) is 2.27. The van der Waals surface area contributed by atoms with Crippen LogP contribution in [0.4, 0.5) is 0 Å². The molecule has 3 atom stereocenters.